The van der Waals surface area contributed by atoms with Gasteiger partial charge in [-0.2, -0.15) is 0 Å². The highest BCUT2D eigenvalue weighted by Crippen LogP contribution is 2.32. The number of likely N-dealkylation sites (tertiary alicyclic amines) is 1. The molecule has 0 spiro atoms. The van der Waals surface area contributed by atoms with Gasteiger partial charge in [0, 0.05) is 31.3 Å². The quantitative estimate of drug-likeness (QED) is 0.505. The number of nitrogens with zero attached hydrogens (tertiary/aromatic N) is 1. The van der Waals surface area contributed by atoms with Crippen LogP contribution >= 0.6 is 23.2 Å². The van der Waals surface area contributed by atoms with Crippen LogP contribution in [-0.4, -0.2) is 59.4 Å². The largest absolute Gasteiger partial charge is 0.467 e. The molecule has 1 saturated heterocycles. The molecule has 10 heteroatoms. The zero-order valence-corrected chi connectivity index (χ0v) is 19.3. The number of esters is 1. The topological polar surface area (TPSA) is 92.8 Å². The molecule has 1 aromatic rings. The van der Waals surface area contributed by atoms with Crippen molar-refractivity contribution in [3.63, 3.8) is 0 Å². The zero-order valence-electron chi connectivity index (χ0n) is 16.9. The SMILES string of the molecule is COC(=O)C(C)NC(=O)C1CCN(C(=O)C=Cc2ccc(S(C)=O)c(Cl)c2Cl)CC1. The first-order chi connectivity index (χ1) is 14.1. The van der Waals surface area contributed by atoms with Crippen LogP contribution in [0.5, 0.6) is 0 Å². The number of carbonyl (C=O) groups excluding carboxylic acids is 3. The lowest BCUT2D eigenvalue weighted by Crippen LogP contribution is -2.46. The molecular weight excluding hydrogens is 451 g/mol. The van der Waals surface area contributed by atoms with E-state index in [4.69, 9.17) is 23.2 Å². The summed E-state index contributed by atoms with van der Waals surface area (Å²) in [6.07, 6.45) is 5.48. The number of piperidine rings is 1. The third-order valence-electron chi connectivity index (χ3n) is 4.88. The zero-order chi connectivity index (χ0) is 22.4. The van der Waals surface area contributed by atoms with Gasteiger partial charge >= 0.3 is 5.97 Å². The predicted octanol–water partition coefficient (Wildman–Crippen LogP) is 2.66. The molecule has 1 aliphatic heterocycles. The summed E-state index contributed by atoms with van der Waals surface area (Å²) in [7, 11) is 0.00237. The molecular formula is C20H24Cl2N2O5S. The van der Waals surface area contributed by atoms with Crippen LogP contribution in [-0.2, 0) is 29.9 Å². The Balaban J connectivity index is 1.93. The van der Waals surface area contributed by atoms with Gasteiger partial charge in [0.15, 0.2) is 0 Å². The number of ether oxygens (including phenoxy) is 1. The van der Waals surface area contributed by atoms with Gasteiger partial charge in [-0.1, -0.05) is 29.3 Å². The Morgan fingerprint density at radius 1 is 1.23 bits per heavy atom. The molecule has 0 radical (unpaired) electrons. The van der Waals surface area contributed by atoms with Crippen LogP contribution in [0, 0.1) is 5.92 Å². The van der Waals surface area contributed by atoms with Gasteiger partial charge in [-0.25, -0.2) is 4.79 Å². The average molecular weight is 475 g/mol. The fourth-order valence-corrected chi connectivity index (χ4v) is 4.49. The van der Waals surface area contributed by atoms with Crippen LogP contribution in [0.3, 0.4) is 0 Å². The number of rotatable bonds is 6. The third-order valence-corrected chi connectivity index (χ3v) is 6.85. The molecule has 1 fully saturated rings. The second-order valence-corrected chi connectivity index (χ2v) is 9.03. The van der Waals surface area contributed by atoms with Crippen molar-refractivity contribution in [2.45, 2.75) is 30.7 Å². The fraction of sp³-hybridized carbons (Fsp3) is 0.450. The highest BCUT2D eigenvalue weighted by Gasteiger charge is 2.28. The molecule has 1 aromatic carbocycles. The van der Waals surface area contributed by atoms with Gasteiger partial charge < -0.3 is 15.0 Å². The second kappa shape index (κ2) is 10.9. The molecule has 2 amide bonds. The minimum Gasteiger partial charge on any atom is -0.467 e. The molecule has 0 aliphatic carbocycles. The predicted molar refractivity (Wildman–Crippen MR) is 117 cm³/mol. The molecule has 0 saturated carbocycles. The van der Waals surface area contributed by atoms with Crippen LogP contribution in [0.1, 0.15) is 25.3 Å². The lowest BCUT2D eigenvalue weighted by atomic mass is 9.95. The van der Waals surface area contributed by atoms with E-state index in [0.717, 1.165) is 0 Å². The Kier molecular flexibility index (Phi) is 8.88. The molecule has 7 nitrogen and oxygen atoms in total. The molecule has 30 heavy (non-hydrogen) atoms. The van der Waals surface area contributed by atoms with Crippen LogP contribution < -0.4 is 5.32 Å². The van der Waals surface area contributed by atoms with Gasteiger partial charge in [0.05, 0.1) is 32.9 Å². The number of nitrogens with one attached hydrogen (secondary N) is 1. The Morgan fingerprint density at radius 3 is 2.43 bits per heavy atom. The lowest BCUT2D eigenvalue weighted by Gasteiger charge is -2.31. The standard InChI is InChI=1S/C20H24Cl2N2O5S/c1-12(20(27)29-2)23-19(26)14-8-10-24(11-9-14)16(25)7-5-13-4-6-15(30(3)28)18(22)17(13)21/h4-7,12,14H,8-11H2,1-3H3,(H,23,26). The lowest BCUT2D eigenvalue weighted by molar-refractivity contribution is -0.145. The third kappa shape index (κ3) is 6.06. The summed E-state index contributed by atoms with van der Waals surface area (Å²) >= 11 is 12.4. The monoisotopic (exact) mass is 474 g/mol. The molecule has 1 heterocycles. The Labute approximate surface area is 188 Å². The summed E-state index contributed by atoms with van der Waals surface area (Å²) in [5.74, 6) is -1.18. The summed E-state index contributed by atoms with van der Waals surface area (Å²) in [5, 5.41) is 3.08. The number of carbonyl (C=O) groups is 3. The molecule has 2 unspecified atom stereocenters. The molecule has 1 N–H and O–H groups in total. The maximum absolute atomic E-state index is 12.5. The van der Waals surface area contributed by atoms with Crippen molar-refractivity contribution in [2.75, 3.05) is 26.5 Å². The summed E-state index contributed by atoms with van der Waals surface area (Å²) in [6, 6.07) is 2.57. The number of benzene rings is 1. The van der Waals surface area contributed by atoms with Crippen LogP contribution in [0.25, 0.3) is 6.08 Å². The molecule has 1 aliphatic rings. The number of hydrogen-bond acceptors (Lipinski definition) is 5. The highest BCUT2D eigenvalue weighted by atomic mass is 35.5. The summed E-state index contributed by atoms with van der Waals surface area (Å²) in [4.78, 5) is 38.3. The fourth-order valence-electron chi connectivity index (χ4n) is 3.09. The van der Waals surface area contributed by atoms with E-state index < -0.39 is 22.8 Å². The summed E-state index contributed by atoms with van der Waals surface area (Å²) in [6.45, 7) is 2.42. The van der Waals surface area contributed by atoms with E-state index >= 15 is 0 Å². The van der Waals surface area contributed by atoms with Crippen LogP contribution in [0.15, 0.2) is 23.1 Å². The molecule has 0 bridgehead atoms. The van der Waals surface area contributed by atoms with Crippen molar-refractivity contribution in [3.8, 4) is 0 Å². The Morgan fingerprint density at radius 2 is 1.87 bits per heavy atom. The maximum atomic E-state index is 12.5. The van der Waals surface area contributed by atoms with Crippen LogP contribution in [0.4, 0.5) is 0 Å². The van der Waals surface area contributed by atoms with E-state index in [1.165, 1.54) is 19.4 Å². The van der Waals surface area contributed by atoms with Crippen molar-refractivity contribution >= 4 is 57.9 Å². The van der Waals surface area contributed by atoms with Gasteiger partial charge in [0.2, 0.25) is 11.8 Å². The number of halogens is 2. The number of hydrogen-bond donors (Lipinski definition) is 1. The first kappa shape index (κ1) is 24.4. The Hall–Kier alpha value is -1.90. The number of methoxy groups -OCH3 is 1. The van der Waals surface area contributed by atoms with Crippen molar-refractivity contribution in [1.29, 1.82) is 0 Å². The molecule has 0 aromatic heterocycles. The van der Waals surface area contributed by atoms with Gasteiger partial charge in [0.25, 0.3) is 0 Å². The first-order valence-corrected chi connectivity index (χ1v) is 11.6. The summed E-state index contributed by atoms with van der Waals surface area (Å²) in [5.41, 5.74) is 0.551. The minimum atomic E-state index is -1.26. The van der Waals surface area contributed by atoms with Crippen molar-refractivity contribution in [2.24, 2.45) is 5.92 Å². The van der Waals surface area contributed by atoms with Crippen LogP contribution in [0.2, 0.25) is 10.0 Å². The normalized spacial score (nSPS) is 16.9. The number of amides is 2. The van der Waals surface area contributed by atoms with E-state index in [-0.39, 0.29) is 27.8 Å². The van der Waals surface area contributed by atoms with E-state index in [1.54, 1.807) is 30.0 Å². The van der Waals surface area contributed by atoms with Gasteiger partial charge in [-0.15, -0.1) is 0 Å². The Bertz CT molecular complexity index is 882. The smallest absolute Gasteiger partial charge is 0.328 e. The molecule has 2 atom stereocenters. The minimum absolute atomic E-state index is 0.202. The second-order valence-electron chi connectivity index (χ2n) is 6.92. The first-order valence-electron chi connectivity index (χ1n) is 9.32. The van der Waals surface area contributed by atoms with Crippen molar-refractivity contribution in [3.05, 3.63) is 33.8 Å². The van der Waals surface area contributed by atoms with E-state index in [1.807, 2.05) is 0 Å². The van der Waals surface area contributed by atoms with Crippen molar-refractivity contribution < 1.29 is 23.3 Å². The molecule has 2 rings (SSSR count). The highest BCUT2D eigenvalue weighted by molar-refractivity contribution is 7.84. The maximum Gasteiger partial charge on any atom is 0.328 e. The average Bonchev–Trinajstić information content (AvgIpc) is 2.73. The summed E-state index contributed by atoms with van der Waals surface area (Å²) < 4.78 is 16.2. The van der Waals surface area contributed by atoms with Gasteiger partial charge in [0.1, 0.15) is 6.04 Å². The van der Waals surface area contributed by atoms with E-state index in [9.17, 15) is 18.6 Å². The van der Waals surface area contributed by atoms with Crippen molar-refractivity contribution in [1.82, 2.24) is 10.2 Å². The van der Waals surface area contributed by atoms with E-state index in [0.29, 0.717) is 36.4 Å². The molecule has 164 valence electrons. The van der Waals surface area contributed by atoms with Gasteiger partial charge in [-0.05, 0) is 37.5 Å². The van der Waals surface area contributed by atoms with Gasteiger partial charge in [-0.3, -0.25) is 13.8 Å². The van der Waals surface area contributed by atoms with E-state index in [2.05, 4.69) is 10.1 Å².